The summed E-state index contributed by atoms with van der Waals surface area (Å²) in [6, 6.07) is 8.75. The Morgan fingerprint density at radius 2 is 2.11 bits per heavy atom. The predicted molar refractivity (Wildman–Crippen MR) is 75.9 cm³/mol. The second-order valence-corrected chi connectivity index (χ2v) is 5.30. The van der Waals surface area contributed by atoms with E-state index in [2.05, 4.69) is 9.97 Å². The summed E-state index contributed by atoms with van der Waals surface area (Å²) in [5.41, 5.74) is 1.55. The van der Waals surface area contributed by atoms with E-state index in [0.29, 0.717) is 12.1 Å². The number of rotatable bonds is 3. The van der Waals surface area contributed by atoms with Crippen LogP contribution in [0, 0.1) is 5.82 Å². The normalized spacial score (nSPS) is 10.8. The van der Waals surface area contributed by atoms with Gasteiger partial charge < -0.3 is 4.90 Å². The lowest BCUT2D eigenvalue weighted by Crippen LogP contribution is -2.16. The summed E-state index contributed by atoms with van der Waals surface area (Å²) in [5.74, 6) is -0.183. The first-order valence-electron chi connectivity index (χ1n) is 5.89. The first-order chi connectivity index (χ1) is 9.24. The van der Waals surface area contributed by atoms with E-state index in [0.717, 1.165) is 15.3 Å². The number of anilines is 1. The zero-order chi connectivity index (χ0) is 13.2. The van der Waals surface area contributed by atoms with Crippen molar-refractivity contribution < 1.29 is 4.39 Å². The molecule has 0 aliphatic heterocycles. The highest BCUT2D eigenvalue weighted by Gasteiger charge is 2.10. The van der Waals surface area contributed by atoms with E-state index >= 15 is 0 Å². The van der Waals surface area contributed by atoms with Gasteiger partial charge in [-0.1, -0.05) is 29.5 Å². The number of halogens is 1. The van der Waals surface area contributed by atoms with Crippen molar-refractivity contribution in [3.8, 4) is 0 Å². The Bertz CT molecular complexity index is 677. The van der Waals surface area contributed by atoms with Crippen molar-refractivity contribution in [2.75, 3.05) is 11.9 Å². The van der Waals surface area contributed by atoms with Crippen LogP contribution >= 0.6 is 11.3 Å². The van der Waals surface area contributed by atoms with E-state index in [9.17, 15) is 4.39 Å². The lowest BCUT2D eigenvalue weighted by atomic mass is 10.2. The molecule has 3 aromatic rings. The summed E-state index contributed by atoms with van der Waals surface area (Å²) < 4.78 is 14.7. The van der Waals surface area contributed by atoms with E-state index < -0.39 is 0 Å². The quantitative estimate of drug-likeness (QED) is 0.731. The maximum absolute atomic E-state index is 13.6. The molecule has 0 amide bonds. The van der Waals surface area contributed by atoms with E-state index in [4.69, 9.17) is 0 Å². The lowest BCUT2D eigenvalue weighted by molar-refractivity contribution is 0.608. The first-order valence-corrected chi connectivity index (χ1v) is 6.71. The van der Waals surface area contributed by atoms with Crippen LogP contribution in [0.15, 0.2) is 42.7 Å². The van der Waals surface area contributed by atoms with E-state index in [1.54, 1.807) is 35.9 Å². The molecular weight excluding hydrogens is 261 g/mol. The molecule has 19 heavy (non-hydrogen) atoms. The number of thiazole rings is 1. The van der Waals surface area contributed by atoms with Crippen molar-refractivity contribution in [2.24, 2.45) is 0 Å². The van der Waals surface area contributed by atoms with Crippen molar-refractivity contribution in [1.29, 1.82) is 0 Å². The minimum Gasteiger partial charge on any atom is -0.347 e. The van der Waals surface area contributed by atoms with Gasteiger partial charge in [0, 0.05) is 25.4 Å². The molecule has 0 saturated carbocycles. The lowest BCUT2D eigenvalue weighted by Gasteiger charge is -2.15. The van der Waals surface area contributed by atoms with Gasteiger partial charge in [-0.25, -0.2) is 9.37 Å². The van der Waals surface area contributed by atoms with Gasteiger partial charge in [-0.2, -0.15) is 0 Å². The molecule has 0 N–H and O–H groups in total. The second kappa shape index (κ2) is 4.93. The predicted octanol–water partition coefficient (Wildman–Crippen LogP) is 3.47. The molecule has 96 valence electrons. The van der Waals surface area contributed by atoms with Crippen molar-refractivity contribution >= 4 is 26.7 Å². The third kappa shape index (κ3) is 2.42. The van der Waals surface area contributed by atoms with E-state index in [-0.39, 0.29) is 5.82 Å². The standard InChI is InChI=1S/C14H12FN3S/c1-18(9-10-4-2-3-5-11(10)15)14-17-12-8-16-7-6-13(12)19-14/h2-8H,9H2,1H3. The molecule has 0 spiro atoms. The van der Waals surface area contributed by atoms with Gasteiger partial charge in [0.1, 0.15) is 11.3 Å². The van der Waals surface area contributed by atoms with Crippen LogP contribution in [0.3, 0.4) is 0 Å². The summed E-state index contributed by atoms with van der Waals surface area (Å²) in [6.07, 6.45) is 3.49. The largest absolute Gasteiger partial charge is 0.347 e. The fourth-order valence-corrected chi connectivity index (χ4v) is 2.77. The molecule has 0 unspecified atom stereocenters. The highest BCUT2D eigenvalue weighted by Crippen LogP contribution is 2.28. The third-order valence-corrected chi connectivity index (χ3v) is 4.02. The SMILES string of the molecule is CN(Cc1ccccc1F)c1nc2cnccc2s1. The smallest absolute Gasteiger partial charge is 0.186 e. The van der Waals surface area contributed by atoms with Crippen LogP contribution in [0.5, 0.6) is 0 Å². The number of hydrogen-bond donors (Lipinski definition) is 0. The molecule has 3 rings (SSSR count). The minimum absolute atomic E-state index is 0.183. The molecule has 0 aliphatic carbocycles. The van der Waals surface area contributed by atoms with Crippen LogP contribution in [0.25, 0.3) is 10.2 Å². The highest BCUT2D eigenvalue weighted by atomic mass is 32.1. The van der Waals surface area contributed by atoms with Crippen LogP contribution in [0.1, 0.15) is 5.56 Å². The number of benzene rings is 1. The molecule has 5 heteroatoms. The highest BCUT2D eigenvalue weighted by molar-refractivity contribution is 7.22. The average molecular weight is 273 g/mol. The molecule has 0 atom stereocenters. The van der Waals surface area contributed by atoms with Crippen molar-refractivity contribution in [3.05, 3.63) is 54.1 Å². The van der Waals surface area contributed by atoms with Gasteiger partial charge in [0.15, 0.2) is 5.13 Å². The van der Waals surface area contributed by atoms with Crippen molar-refractivity contribution in [2.45, 2.75) is 6.54 Å². The van der Waals surface area contributed by atoms with Crippen LogP contribution in [0.4, 0.5) is 9.52 Å². The van der Waals surface area contributed by atoms with E-state index in [1.165, 1.54) is 6.07 Å². The molecule has 1 aromatic carbocycles. The molecule has 3 nitrogen and oxygen atoms in total. The topological polar surface area (TPSA) is 29.0 Å². The molecule has 2 heterocycles. The maximum Gasteiger partial charge on any atom is 0.186 e. The maximum atomic E-state index is 13.6. The molecule has 0 bridgehead atoms. The first kappa shape index (κ1) is 12.0. The second-order valence-electron chi connectivity index (χ2n) is 4.29. The van der Waals surface area contributed by atoms with Gasteiger partial charge in [-0.3, -0.25) is 4.98 Å². The number of aromatic nitrogens is 2. The van der Waals surface area contributed by atoms with Gasteiger partial charge in [-0.05, 0) is 12.1 Å². The zero-order valence-electron chi connectivity index (χ0n) is 10.4. The number of fused-ring (bicyclic) bond motifs is 1. The summed E-state index contributed by atoms with van der Waals surface area (Å²) >= 11 is 1.58. The van der Waals surface area contributed by atoms with Gasteiger partial charge in [0.25, 0.3) is 0 Å². The Balaban J connectivity index is 1.87. The fourth-order valence-electron chi connectivity index (χ4n) is 1.88. The van der Waals surface area contributed by atoms with Gasteiger partial charge in [0.2, 0.25) is 0 Å². The van der Waals surface area contributed by atoms with Crippen LogP contribution in [-0.2, 0) is 6.54 Å². The Morgan fingerprint density at radius 3 is 2.89 bits per heavy atom. The summed E-state index contributed by atoms with van der Waals surface area (Å²) in [6.45, 7) is 0.500. The third-order valence-electron chi connectivity index (χ3n) is 2.87. The Morgan fingerprint density at radius 1 is 1.26 bits per heavy atom. The van der Waals surface area contributed by atoms with Crippen molar-refractivity contribution in [3.63, 3.8) is 0 Å². The molecule has 2 aromatic heterocycles. The van der Waals surface area contributed by atoms with Crippen LogP contribution < -0.4 is 4.90 Å². The van der Waals surface area contributed by atoms with Gasteiger partial charge in [-0.15, -0.1) is 0 Å². The Kier molecular flexibility index (Phi) is 3.13. The Hall–Kier alpha value is -2.01. The van der Waals surface area contributed by atoms with E-state index in [1.807, 2.05) is 24.1 Å². The van der Waals surface area contributed by atoms with Crippen molar-refractivity contribution in [1.82, 2.24) is 9.97 Å². The average Bonchev–Trinajstić information content (AvgIpc) is 2.85. The molecule has 0 aliphatic rings. The zero-order valence-corrected chi connectivity index (χ0v) is 11.2. The number of hydrogen-bond acceptors (Lipinski definition) is 4. The monoisotopic (exact) mass is 273 g/mol. The van der Waals surface area contributed by atoms with Crippen LogP contribution in [0.2, 0.25) is 0 Å². The minimum atomic E-state index is -0.183. The number of nitrogens with zero attached hydrogens (tertiary/aromatic N) is 3. The molecular formula is C14H12FN3S. The summed E-state index contributed by atoms with van der Waals surface area (Å²) in [4.78, 5) is 10.5. The summed E-state index contributed by atoms with van der Waals surface area (Å²) in [7, 11) is 1.91. The Labute approximate surface area is 114 Å². The number of pyridine rings is 1. The van der Waals surface area contributed by atoms with Gasteiger partial charge >= 0.3 is 0 Å². The molecule has 0 fully saturated rings. The van der Waals surface area contributed by atoms with Crippen LogP contribution in [-0.4, -0.2) is 17.0 Å². The van der Waals surface area contributed by atoms with Gasteiger partial charge in [0.05, 0.1) is 10.9 Å². The molecule has 0 radical (unpaired) electrons. The fraction of sp³-hybridized carbons (Fsp3) is 0.143. The summed E-state index contributed by atoms with van der Waals surface area (Å²) in [5, 5.41) is 0.867. The molecule has 0 saturated heterocycles.